The van der Waals surface area contributed by atoms with E-state index in [1.54, 1.807) is 6.92 Å². The van der Waals surface area contributed by atoms with Crippen LogP contribution in [0, 0.1) is 11.7 Å². The third-order valence-electron chi connectivity index (χ3n) is 2.80. The lowest BCUT2D eigenvalue weighted by molar-refractivity contribution is 0.136. The molecule has 0 amide bonds. The van der Waals surface area contributed by atoms with Gasteiger partial charge in [-0.05, 0) is 13.3 Å². The summed E-state index contributed by atoms with van der Waals surface area (Å²) in [4.78, 5) is 9.79. The first-order valence-electron chi connectivity index (χ1n) is 5.07. The van der Waals surface area contributed by atoms with Gasteiger partial charge in [-0.2, -0.15) is 0 Å². The number of halogens is 1. The number of rotatable bonds is 2. The van der Waals surface area contributed by atoms with Crippen molar-refractivity contribution in [3.63, 3.8) is 0 Å². The van der Waals surface area contributed by atoms with E-state index in [1.165, 1.54) is 0 Å². The topological polar surface area (TPSA) is 49.2 Å². The van der Waals surface area contributed by atoms with Gasteiger partial charge in [-0.1, -0.05) is 0 Å². The number of aliphatic hydroxyl groups excluding tert-OH is 1. The molecule has 0 bridgehead atoms. The molecule has 82 valence electrons. The fourth-order valence-electron chi connectivity index (χ4n) is 1.83. The van der Waals surface area contributed by atoms with Crippen LogP contribution in [0.25, 0.3) is 0 Å². The Kier molecular flexibility index (Phi) is 2.81. The smallest absolute Gasteiger partial charge is 0.225 e. The predicted octanol–water partition coefficient (Wildman–Crippen LogP) is 0.823. The lowest BCUT2D eigenvalue weighted by atomic mass is 10.0. The van der Waals surface area contributed by atoms with Crippen molar-refractivity contribution in [2.24, 2.45) is 5.92 Å². The lowest BCUT2D eigenvalue weighted by Gasteiger charge is -2.16. The van der Waals surface area contributed by atoms with Crippen LogP contribution in [0.2, 0.25) is 0 Å². The molecule has 1 saturated heterocycles. The molecule has 0 spiro atoms. The zero-order valence-electron chi connectivity index (χ0n) is 8.60. The van der Waals surface area contributed by atoms with Crippen LogP contribution in [0.15, 0.2) is 12.4 Å². The highest BCUT2D eigenvalue weighted by molar-refractivity contribution is 5.30. The Morgan fingerprint density at radius 3 is 2.73 bits per heavy atom. The summed E-state index contributed by atoms with van der Waals surface area (Å²) < 4.78 is 12.6. The Balaban J connectivity index is 2.04. The van der Waals surface area contributed by atoms with Gasteiger partial charge in [-0.15, -0.1) is 0 Å². The average Bonchev–Trinajstić information content (AvgIpc) is 2.68. The van der Waals surface area contributed by atoms with Crippen LogP contribution in [0.1, 0.15) is 13.3 Å². The van der Waals surface area contributed by atoms with E-state index in [-0.39, 0.29) is 12.0 Å². The summed E-state index contributed by atoms with van der Waals surface area (Å²) in [5.41, 5.74) is 0. The number of anilines is 1. The molecule has 1 N–H and O–H groups in total. The van der Waals surface area contributed by atoms with Gasteiger partial charge in [-0.25, -0.2) is 14.4 Å². The van der Waals surface area contributed by atoms with Crippen molar-refractivity contribution in [1.29, 1.82) is 0 Å². The van der Waals surface area contributed by atoms with Crippen LogP contribution < -0.4 is 4.90 Å². The summed E-state index contributed by atoms with van der Waals surface area (Å²) in [6, 6.07) is 0. The molecule has 4 nitrogen and oxygen atoms in total. The van der Waals surface area contributed by atoms with E-state index in [4.69, 9.17) is 0 Å². The van der Waals surface area contributed by atoms with E-state index in [9.17, 15) is 9.50 Å². The van der Waals surface area contributed by atoms with Crippen LogP contribution in [-0.2, 0) is 0 Å². The first kappa shape index (κ1) is 10.3. The van der Waals surface area contributed by atoms with Crippen molar-refractivity contribution < 1.29 is 9.50 Å². The molecule has 0 saturated carbocycles. The number of hydrogen-bond donors (Lipinski definition) is 1. The molecule has 1 aliphatic heterocycles. The molecule has 1 aromatic heterocycles. The summed E-state index contributed by atoms with van der Waals surface area (Å²) >= 11 is 0. The van der Waals surface area contributed by atoms with E-state index in [0.717, 1.165) is 31.9 Å². The van der Waals surface area contributed by atoms with Gasteiger partial charge in [0.1, 0.15) is 0 Å². The summed E-state index contributed by atoms with van der Waals surface area (Å²) in [5.74, 6) is 0.378. The van der Waals surface area contributed by atoms with Crippen molar-refractivity contribution in [2.45, 2.75) is 19.4 Å². The highest BCUT2D eigenvalue weighted by atomic mass is 19.1. The van der Waals surface area contributed by atoms with Gasteiger partial charge in [0.05, 0.1) is 18.5 Å². The largest absolute Gasteiger partial charge is 0.393 e. The van der Waals surface area contributed by atoms with E-state index >= 15 is 0 Å². The summed E-state index contributed by atoms with van der Waals surface area (Å²) in [6.45, 7) is 3.35. The second-order valence-corrected chi connectivity index (χ2v) is 3.94. The normalized spacial score (nSPS) is 23.1. The minimum Gasteiger partial charge on any atom is -0.393 e. The van der Waals surface area contributed by atoms with Crippen LogP contribution >= 0.6 is 0 Å². The van der Waals surface area contributed by atoms with Gasteiger partial charge in [0.2, 0.25) is 5.95 Å². The molecule has 0 radical (unpaired) electrons. The monoisotopic (exact) mass is 211 g/mol. The van der Waals surface area contributed by atoms with E-state index < -0.39 is 5.82 Å². The van der Waals surface area contributed by atoms with E-state index in [0.29, 0.717) is 5.95 Å². The van der Waals surface area contributed by atoms with E-state index in [2.05, 4.69) is 9.97 Å². The maximum atomic E-state index is 12.6. The fourth-order valence-corrected chi connectivity index (χ4v) is 1.83. The zero-order valence-corrected chi connectivity index (χ0v) is 8.60. The van der Waals surface area contributed by atoms with Gasteiger partial charge in [0.25, 0.3) is 0 Å². The maximum Gasteiger partial charge on any atom is 0.225 e. The lowest BCUT2D eigenvalue weighted by Crippen LogP contribution is -2.25. The Hall–Kier alpha value is -1.23. The second kappa shape index (κ2) is 4.10. The molecule has 2 heterocycles. The van der Waals surface area contributed by atoms with Gasteiger partial charge in [0.15, 0.2) is 5.82 Å². The Bertz CT molecular complexity index is 328. The zero-order chi connectivity index (χ0) is 10.8. The molecular weight excluding hydrogens is 197 g/mol. The molecule has 2 unspecified atom stereocenters. The first-order chi connectivity index (χ1) is 7.16. The molecular formula is C10H14FN3O. The van der Waals surface area contributed by atoms with Crippen LogP contribution in [-0.4, -0.2) is 34.3 Å². The molecule has 2 atom stereocenters. The van der Waals surface area contributed by atoms with E-state index in [1.807, 2.05) is 4.90 Å². The molecule has 15 heavy (non-hydrogen) atoms. The van der Waals surface area contributed by atoms with Gasteiger partial charge < -0.3 is 10.0 Å². The van der Waals surface area contributed by atoms with Crippen molar-refractivity contribution in [1.82, 2.24) is 9.97 Å². The number of hydrogen-bond acceptors (Lipinski definition) is 4. The highest BCUT2D eigenvalue weighted by Crippen LogP contribution is 2.22. The minimum absolute atomic E-state index is 0.263. The molecule has 0 aliphatic carbocycles. The number of aromatic nitrogens is 2. The van der Waals surface area contributed by atoms with Crippen LogP contribution in [0.5, 0.6) is 0 Å². The van der Waals surface area contributed by atoms with Gasteiger partial charge in [-0.3, -0.25) is 0 Å². The standard InChI is InChI=1S/C10H14FN3O/c1-7(15)8-2-3-14(6-8)10-12-4-9(11)5-13-10/h4-5,7-8,15H,2-3,6H2,1H3. The molecule has 1 fully saturated rings. The van der Waals surface area contributed by atoms with Gasteiger partial charge in [0, 0.05) is 19.0 Å². The average molecular weight is 211 g/mol. The quantitative estimate of drug-likeness (QED) is 0.787. The van der Waals surface area contributed by atoms with Crippen molar-refractivity contribution in [3.8, 4) is 0 Å². The second-order valence-electron chi connectivity index (χ2n) is 3.94. The summed E-state index contributed by atoms with van der Waals surface area (Å²) in [5, 5.41) is 9.43. The molecule has 1 aliphatic rings. The first-order valence-corrected chi connectivity index (χ1v) is 5.07. The molecule has 2 rings (SSSR count). The fraction of sp³-hybridized carbons (Fsp3) is 0.600. The highest BCUT2D eigenvalue weighted by Gasteiger charge is 2.27. The Labute approximate surface area is 87.8 Å². The Morgan fingerprint density at radius 1 is 1.53 bits per heavy atom. The molecule has 5 heteroatoms. The molecule has 1 aromatic rings. The van der Waals surface area contributed by atoms with Crippen molar-refractivity contribution in [3.05, 3.63) is 18.2 Å². The van der Waals surface area contributed by atoms with Crippen LogP contribution in [0.3, 0.4) is 0 Å². The third kappa shape index (κ3) is 2.23. The van der Waals surface area contributed by atoms with Crippen molar-refractivity contribution in [2.75, 3.05) is 18.0 Å². The SMILES string of the molecule is CC(O)C1CCN(c2ncc(F)cn2)C1. The minimum atomic E-state index is -0.426. The predicted molar refractivity (Wildman–Crippen MR) is 54.0 cm³/mol. The summed E-state index contributed by atoms with van der Waals surface area (Å²) in [6.07, 6.45) is 2.95. The maximum absolute atomic E-state index is 12.6. The van der Waals surface area contributed by atoms with Gasteiger partial charge >= 0.3 is 0 Å². The Morgan fingerprint density at radius 2 is 2.20 bits per heavy atom. The summed E-state index contributed by atoms with van der Waals surface area (Å²) in [7, 11) is 0. The molecule has 0 aromatic carbocycles. The third-order valence-corrected chi connectivity index (χ3v) is 2.80. The van der Waals surface area contributed by atoms with Crippen LogP contribution in [0.4, 0.5) is 10.3 Å². The number of aliphatic hydroxyl groups is 1. The number of nitrogens with zero attached hydrogens (tertiary/aromatic N) is 3. The van der Waals surface area contributed by atoms with Crippen molar-refractivity contribution >= 4 is 5.95 Å².